The van der Waals surface area contributed by atoms with Crippen LogP contribution in [0.15, 0.2) is 30.3 Å². The van der Waals surface area contributed by atoms with Crippen molar-refractivity contribution in [1.29, 1.82) is 0 Å². The maximum Gasteiger partial charge on any atom is 0.305 e. The summed E-state index contributed by atoms with van der Waals surface area (Å²) in [6.45, 7) is 3.29. The number of amides is 1. The molecule has 2 aromatic rings. The number of rotatable bonds is 4. The van der Waals surface area contributed by atoms with Gasteiger partial charge in [0.15, 0.2) is 0 Å². The third kappa shape index (κ3) is 3.32. The van der Waals surface area contributed by atoms with Gasteiger partial charge in [-0.3, -0.25) is 14.6 Å². The molecule has 0 unspecified atom stereocenters. The van der Waals surface area contributed by atoms with Crippen LogP contribution >= 0.6 is 0 Å². The molecular formula is C15H16N2O3. The van der Waals surface area contributed by atoms with Gasteiger partial charge >= 0.3 is 5.97 Å². The quantitative estimate of drug-likeness (QED) is 0.894. The van der Waals surface area contributed by atoms with Crippen LogP contribution in [-0.4, -0.2) is 22.0 Å². The molecule has 0 aliphatic carbocycles. The molecule has 0 radical (unpaired) electrons. The van der Waals surface area contributed by atoms with E-state index in [1.54, 1.807) is 6.07 Å². The van der Waals surface area contributed by atoms with Crippen LogP contribution < -0.4 is 5.32 Å². The van der Waals surface area contributed by atoms with Gasteiger partial charge in [0.1, 0.15) is 0 Å². The molecule has 0 aliphatic heterocycles. The summed E-state index contributed by atoms with van der Waals surface area (Å²) < 4.78 is 0. The molecule has 0 bridgehead atoms. The third-order valence-corrected chi connectivity index (χ3v) is 3.01. The standard InChI is InChI=1S/C15H16N2O3/c1-9-3-4-11-7-12(5-6-13(11)16-9)14(8-15(19)20)17-10(2)18/h3-7,14H,8H2,1-2H3,(H,17,18)(H,19,20)/t14-/m0/s1. The first-order chi connectivity index (χ1) is 9.45. The minimum Gasteiger partial charge on any atom is -0.481 e. The highest BCUT2D eigenvalue weighted by molar-refractivity contribution is 5.80. The highest BCUT2D eigenvalue weighted by Gasteiger charge is 2.17. The highest BCUT2D eigenvalue weighted by Crippen LogP contribution is 2.22. The highest BCUT2D eigenvalue weighted by atomic mass is 16.4. The first-order valence-corrected chi connectivity index (χ1v) is 6.32. The fourth-order valence-corrected chi connectivity index (χ4v) is 2.13. The van der Waals surface area contributed by atoms with E-state index in [9.17, 15) is 9.59 Å². The molecule has 5 heteroatoms. The summed E-state index contributed by atoms with van der Waals surface area (Å²) >= 11 is 0. The Labute approximate surface area is 116 Å². The zero-order valence-corrected chi connectivity index (χ0v) is 11.4. The summed E-state index contributed by atoms with van der Waals surface area (Å²) in [5, 5.41) is 12.5. The average molecular weight is 272 g/mol. The topological polar surface area (TPSA) is 79.3 Å². The van der Waals surface area contributed by atoms with Crippen molar-refractivity contribution in [2.24, 2.45) is 0 Å². The number of pyridine rings is 1. The lowest BCUT2D eigenvalue weighted by Crippen LogP contribution is -2.27. The number of carbonyl (C=O) groups is 2. The second-order valence-corrected chi connectivity index (χ2v) is 4.76. The van der Waals surface area contributed by atoms with Crippen LogP contribution in [0.3, 0.4) is 0 Å². The first kappa shape index (κ1) is 14.0. The Balaban J connectivity index is 2.39. The number of nitrogens with zero attached hydrogens (tertiary/aromatic N) is 1. The lowest BCUT2D eigenvalue weighted by molar-refractivity contribution is -0.137. The lowest BCUT2D eigenvalue weighted by Gasteiger charge is -2.16. The predicted molar refractivity (Wildman–Crippen MR) is 75.3 cm³/mol. The Morgan fingerprint density at radius 2 is 2.05 bits per heavy atom. The molecule has 1 atom stereocenters. The Morgan fingerprint density at radius 3 is 2.70 bits per heavy atom. The Bertz CT molecular complexity index is 651. The summed E-state index contributed by atoms with van der Waals surface area (Å²) in [5.41, 5.74) is 2.54. The van der Waals surface area contributed by atoms with Crippen molar-refractivity contribution in [2.75, 3.05) is 0 Å². The van der Waals surface area contributed by atoms with Gasteiger partial charge in [0.25, 0.3) is 0 Å². The van der Waals surface area contributed by atoms with E-state index in [-0.39, 0.29) is 12.3 Å². The summed E-state index contributed by atoms with van der Waals surface area (Å²) in [6, 6.07) is 8.82. The number of aryl methyl sites for hydroxylation is 1. The monoisotopic (exact) mass is 272 g/mol. The smallest absolute Gasteiger partial charge is 0.305 e. The predicted octanol–water partition coefficient (Wildman–Crippen LogP) is 2.20. The molecule has 0 saturated carbocycles. The SMILES string of the molecule is CC(=O)N[C@@H](CC(=O)O)c1ccc2nc(C)ccc2c1. The minimum absolute atomic E-state index is 0.148. The van der Waals surface area contributed by atoms with Crippen LogP contribution in [0.4, 0.5) is 0 Å². The average Bonchev–Trinajstić information content (AvgIpc) is 2.36. The molecule has 2 rings (SSSR count). The number of carbonyl (C=O) groups excluding carboxylic acids is 1. The van der Waals surface area contributed by atoms with Crippen LogP contribution in [-0.2, 0) is 9.59 Å². The van der Waals surface area contributed by atoms with Gasteiger partial charge in [-0.05, 0) is 30.7 Å². The molecule has 2 N–H and O–H groups in total. The number of hydrogen-bond acceptors (Lipinski definition) is 3. The fourth-order valence-electron chi connectivity index (χ4n) is 2.13. The maximum atomic E-state index is 11.2. The van der Waals surface area contributed by atoms with E-state index in [0.29, 0.717) is 0 Å². The lowest BCUT2D eigenvalue weighted by atomic mass is 10.0. The summed E-state index contributed by atoms with van der Waals surface area (Å²) in [4.78, 5) is 26.5. The molecule has 0 saturated heterocycles. The first-order valence-electron chi connectivity index (χ1n) is 6.32. The number of nitrogens with one attached hydrogen (secondary N) is 1. The van der Waals surface area contributed by atoms with Crippen molar-refractivity contribution in [1.82, 2.24) is 10.3 Å². The fraction of sp³-hybridized carbons (Fsp3) is 0.267. The van der Waals surface area contributed by atoms with Crippen LogP contribution in [0.5, 0.6) is 0 Å². The van der Waals surface area contributed by atoms with Gasteiger partial charge < -0.3 is 10.4 Å². The van der Waals surface area contributed by atoms with Crippen molar-refractivity contribution < 1.29 is 14.7 Å². The van der Waals surface area contributed by atoms with Crippen LogP contribution in [0.2, 0.25) is 0 Å². The molecule has 1 amide bonds. The summed E-state index contributed by atoms with van der Waals surface area (Å²) in [6.07, 6.45) is -0.148. The van der Waals surface area contributed by atoms with Gasteiger partial charge in [-0.1, -0.05) is 12.1 Å². The molecule has 0 aliphatic rings. The third-order valence-electron chi connectivity index (χ3n) is 3.01. The largest absolute Gasteiger partial charge is 0.481 e. The molecule has 104 valence electrons. The summed E-state index contributed by atoms with van der Waals surface area (Å²) in [5.74, 6) is -1.20. The minimum atomic E-state index is -0.953. The van der Waals surface area contributed by atoms with Crippen LogP contribution in [0.1, 0.15) is 30.6 Å². The maximum absolute atomic E-state index is 11.2. The number of benzene rings is 1. The molecule has 0 spiro atoms. The number of aromatic nitrogens is 1. The second kappa shape index (κ2) is 5.69. The van der Waals surface area contributed by atoms with Crippen molar-refractivity contribution in [3.05, 3.63) is 41.6 Å². The van der Waals surface area contributed by atoms with Crippen molar-refractivity contribution in [3.8, 4) is 0 Å². The molecule has 5 nitrogen and oxygen atoms in total. The normalized spacial score (nSPS) is 12.1. The van der Waals surface area contributed by atoms with E-state index in [0.717, 1.165) is 22.2 Å². The Morgan fingerprint density at radius 1 is 1.30 bits per heavy atom. The summed E-state index contributed by atoms with van der Waals surface area (Å²) in [7, 11) is 0. The van der Waals surface area contributed by atoms with Gasteiger partial charge in [0.05, 0.1) is 18.0 Å². The molecule has 0 fully saturated rings. The van der Waals surface area contributed by atoms with Crippen LogP contribution in [0, 0.1) is 6.92 Å². The van der Waals surface area contributed by atoms with Gasteiger partial charge in [0.2, 0.25) is 5.91 Å². The van der Waals surface area contributed by atoms with E-state index in [4.69, 9.17) is 5.11 Å². The van der Waals surface area contributed by atoms with Gasteiger partial charge in [-0.2, -0.15) is 0 Å². The van der Waals surface area contributed by atoms with Crippen molar-refractivity contribution in [3.63, 3.8) is 0 Å². The van der Waals surface area contributed by atoms with Gasteiger partial charge in [-0.25, -0.2) is 0 Å². The Hall–Kier alpha value is -2.43. The molecule has 20 heavy (non-hydrogen) atoms. The Kier molecular flexibility index (Phi) is 3.98. The molecule has 1 aromatic heterocycles. The van der Waals surface area contributed by atoms with E-state index >= 15 is 0 Å². The molecule has 1 heterocycles. The van der Waals surface area contributed by atoms with Crippen LogP contribution in [0.25, 0.3) is 10.9 Å². The number of aliphatic carboxylic acids is 1. The van der Waals surface area contributed by atoms with Gasteiger partial charge in [0, 0.05) is 18.0 Å². The van der Waals surface area contributed by atoms with Crippen molar-refractivity contribution in [2.45, 2.75) is 26.3 Å². The second-order valence-electron chi connectivity index (χ2n) is 4.76. The van der Waals surface area contributed by atoms with Crippen molar-refractivity contribution >= 4 is 22.8 Å². The zero-order valence-electron chi connectivity index (χ0n) is 11.4. The van der Waals surface area contributed by atoms with E-state index in [1.165, 1.54) is 6.92 Å². The number of hydrogen-bond donors (Lipinski definition) is 2. The van der Waals surface area contributed by atoms with E-state index in [2.05, 4.69) is 10.3 Å². The molecular weight excluding hydrogens is 256 g/mol. The number of fused-ring (bicyclic) bond motifs is 1. The van der Waals surface area contributed by atoms with E-state index in [1.807, 2.05) is 31.2 Å². The number of carboxylic acid groups (broad SMARTS) is 1. The van der Waals surface area contributed by atoms with Gasteiger partial charge in [-0.15, -0.1) is 0 Å². The zero-order chi connectivity index (χ0) is 14.7. The number of carboxylic acids is 1. The van der Waals surface area contributed by atoms with E-state index < -0.39 is 12.0 Å². The molecule has 1 aromatic carbocycles.